The van der Waals surface area contributed by atoms with Gasteiger partial charge in [-0.25, -0.2) is 9.78 Å². The van der Waals surface area contributed by atoms with Crippen LogP contribution in [0.25, 0.3) is 11.0 Å². The molecule has 0 unspecified atom stereocenters. The maximum Gasteiger partial charge on any atom is 0.528 e. The van der Waals surface area contributed by atoms with E-state index in [9.17, 15) is 9.59 Å². The van der Waals surface area contributed by atoms with E-state index in [4.69, 9.17) is 37.8 Å². The number of amides is 1. The zero-order valence-electron chi connectivity index (χ0n) is 20.4. The summed E-state index contributed by atoms with van der Waals surface area (Å²) in [7, 11) is 0. The number of benzene rings is 2. The minimum atomic E-state index is -0.777. The van der Waals surface area contributed by atoms with Crippen molar-refractivity contribution in [2.45, 2.75) is 38.7 Å². The number of aromatic nitrogens is 4. The summed E-state index contributed by atoms with van der Waals surface area (Å²) in [4.78, 5) is 35.9. The van der Waals surface area contributed by atoms with Crippen LogP contribution in [-0.2, 0) is 27.4 Å². The first-order chi connectivity index (χ1) is 18.3. The van der Waals surface area contributed by atoms with Crippen molar-refractivity contribution < 1.29 is 19.2 Å². The van der Waals surface area contributed by atoms with E-state index in [1.165, 1.54) is 0 Å². The number of ether oxygens (including phenoxy) is 1. The molecule has 2 aromatic heterocycles. The second kappa shape index (κ2) is 11.6. The summed E-state index contributed by atoms with van der Waals surface area (Å²) in [5.74, 6) is 0.0872. The van der Waals surface area contributed by atoms with Gasteiger partial charge in [-0.1, -0.05) is 23.2 Å². The zero-order valence-corrected chi connectivity index (χ0v) is 22.7. The Balaban J connectivity index is 1.09. The summed E-state index contributed by atoms with van der Waals surface area (Å²) in [5.41, 5.74) is 3.53. The number of hydroxylamine groups is 2. The van der Waals surface area contributed by atoms with Crippen molar-refractivity contribution in [1.29, 1.82) is 0 Å². The largest absolute Gasteiger partial charge is 0.528 e. The maximum absolute atomic E-state index is 12.6. The lowest BCUT2D eigenvalue weighted by molar-refractivity contribution is -0.140. The molecule has 0 atom stereocenters. The number of aromatic amines is 1. The summed E-state index contributed by atoms with van der Waals surface area (Å²) >= 11 is 13.6. The van der Waals surface area contributed by atoms with Crippen LogP contribution in [0.1, 0.15) is 39.9 Å². The second-order valence-corrected chi connectivity index (χ2v) is 11.0. The van der Waals surface area contributed by atoms with Crippen LogP contribution in [-0.4, -0.2) is 50.6 Å². The number of aryl methyl sites for hydroxylation is 1. The molecule has 10 nitrogen and oxygen atoms in total. The fourth-order valence-corrected chi connectivity index (χ4v) is 5.91. The molecule has 4 aromatic rings. The quantitative estimate of drug-likeness (QED) is 0.271. The number of carbonyl (C=O) groups excluding carboxylic acids is 2. The molecule has 198 valence electrons. The molecule has 0 bridgehead atoms. The third-order valence-corrected chi connectivity index (χ3v) is 7.74. The van der Waals surface area contributed by atoms with Gasteiger partial charge < -0.3 is 14.9 Å². The van der Waals surface area contributed by atoms with Crippen molar-refractivity contribution in [1.82, 2.24) is 25.5 Å². The van der Waals surface area contributed by atoms with Gasteiger partial charge in [0.25, 0.3) is 0 Å². The van der Waals surface area contributed by atoms with E-state index >= 15 is 0 Å². The summed E-state index contributed by atoms with van der Waals surface area (Å²) in [6.45, 7) is 3.11. The lowest BCUT2D eigenvalue weighted by atomic mass is 9.99. The number of carbonyl (C=O) groups is 2. The van der Waals surface area contributed by atoms with Gasteiger partial charge >= 0.3 is 6.16 Å². The van der Waals surface area contributed by atoms with Gasteiger partial charge in [-0.3, -0.25) is 4.79 Å². The molecule has 1 saturated heterocycles. The molecule has 1 fully saturated rings. The number of nitrogens with zero attached hydrogens (tertiary/aromatic N) is 4. The lowest BCUT2D eigenvalue weighted by Gasteiger charge is -2.29. The lowest BCUT2D eigenvalue weighted by Crippen LogP contribution is -2.35. The minimum absolute atomic E-state index is 0.0130. The van der Waals surface area contributed by atoms with Crippen molar-refractivity contribution in [2.75, 3.05) is 18.4 Å². The second-order valence-electron chi connectivity index (χ2n) is 8.92. The first kappa shape index (κ1) is 26.4. The fourth-order valence-electron chi connectivity index (χ4n) is 4.23. The molecular formula is C25H24Cl2N6O4S. The highest BCUT2D eigenvalue weighted by Crippen LogP contribution is 2.33. The molecule has 2 N–H and O–H groups in total. The Kier molecular flexibility index (Phi) is 8.08. The smallest absolute Gasteiger partial charge is 0.428 e. The Morgan fingerprint density at radius 3 is 2.61 bits per heavy atom. The first-order valence-electron chi connectivity index (χ1n) is 11.9. The van der Waals surface area contributed by atoms with Crippen LogP contribution >= 0.6 is 34.5 Å². The molecule has 0 saturated carbocycles. The topological polar surface area (TPSA) is 122 Å². The van der Waals surface area contributed by atoms with E-state index in [-0.39, 0.29) is 24.9 Å². The van der Waals surface area contributed by atoms with E-state index in [1.54, 1.807) is 52.8 Å². The van der Waals surface area contributed by atoms with Crippen LogP contribution < -0.4 is 5.32 Å². The molecule has 0 spiro atoms. The van der Waals surface area contributed by atoms with E-state index < -0.39 is 6.16 Å². The fraction of sp³-hybridized carbons (Fsp3) is 0.320. The third kappa shape index (κ3) is 6.60. The highest BCUT2D eigenvalue weighted by atomic mass is 35.5. The predicted molar refractivity (Wildman–Crippen MR) is 144 cm³/mol. The Labute approximate surface area is 232 Å². The van der Waals surface area contributed by atoms with E-state index in [1.807, 2.05) is 6.92 Å². The average molecular weight is 575 g/mol. The van der Waals surface area contributed by atoms with Crippen LogP contribution in [0.15, 0.2) is 36.4 Å². The Hall–Kier alpha value is -3.25. The van der Waals surface area contributed by atoms with E-state index in [0.29, 0.717) is 39.9 Å². The number of fused-ring (bicyclic) bond motifs is 1. The Bertz CT molecular complexity index is 1450. The van der Waals surface area contributed by atoms with Crippen molar-refractivity contribution >= 4 is 63.3 Å². The number of hydrogen-bond donors (Lipinski definition) is 2. The summed E-state index contributed by atoms with van der Waals surface area (Å²) < 4.78 is 5.19. The van der Waals surface area contributed by atoms with Gasteiger partial charge in [0.1, 0.15) is 17.6 Å². The van der Waals surface area contributed by atoms with Crippen LogP contribution in [0.4, 0.5) is 10.5 Å². The van der Waals surface area contributed by atoms with Gasteiger partial charge in [0.05, 0.1) is 17.1 Å². The Morgan fingerprint density at radius 1 is 1.11 bits per heavy atom. The number of halogens is 2. The summed E-state index contributed by atoms with van der Waals surface area (Å²) in [5, 5.41) is 17.1. The molecule has 5 rings (SSSR count). The maximum atomic E-state index is 12.6. The van der Waals surface area contributed by atoms with Gasteiger partial charge in [0.15, 0.2) is 0 Å². The molecule has 13 heteroatoms. The molecule has 0 radical (unpaired) electrons. The van der Waals surface area contributed by atoms with Gasteiger partial charge in [-0.2, -0.15) is 15.4 Å². The molecule has 3 heterocycles. The van der Waals surface area contributed by atoms with E-state index in [2.05, 4.69) is 20.7 Å². The van der Waals surface area contributed by atoms with Crippen molar-refractivity contribution in [3.05, 3.63) is 67.6 Å². The average Bonchev–Trinajstić information content (AvgIpc) is 3.49. The van der Waals surface area contributed by atoms with Crippen molar-refractivity contribution in [2.24, 2.45) is 0 Å². The number of piperidine rings is 1. The minimum Gasteiger partial charge on any atom is -0.428 e. The van der Waals surface area contributed by atoms with Gasteiger partial charge in [-0.15, -0.1) is 16.4 Å². The first-order valence-corrected chi connectivity index (χ1v) is 13.5. The predicted octanol–water partition coefficient (Wildman–Crippen LogP) is 5.66. The molecule has 1 amide bonds. The third-order valence-electron chi connectivity index (χ3n) is 6.12. The number of anilines is 1. The standard InChI is InChI=1S/C25H24Cl2N6O4S/c1-14-21(12-23(34)28-19-2-3-20-22(11-19)31-32-30-20)29-24(38-14)16-4-6-33(7-5-16)37-25(35)36-13-15-8-17(26)10-18(27)9-15/h2-3,8-11,16H,4-7,12-13H2,1H3,(H,28,34)(H,30,31,32). The number of nitrogens with one attached hydrogen (secondary N) is 2. The highest BCUT2D eigenvalue weighted by Gasteiger charge is 2.27. The zero-order chi connectivity index (χ0) is 26.6. The van der Waals surface area contributed by atoms with E-state index in [0.717, 1.165) is 33.9 Å². The van der Waals surface area contributed by atoms with Crippen LogP contribution in [0.3, 0.4) is 0 Å². The normalized spacial score (nSPS) is 14.5. The molecular weight excluding hydrogens is 551 g/mol. The summed E-state index contributed by atoms with van der Waals surface area (Å²) in [6, 6.07) is 10.3. The van der Waals surface area contributed by atoms with Crippen LogP contribution in [0.5, 0.6) is 0 Å². The molecule has 38 heavy (non-hydrogen) atoms. The van der Waals surface area contributed by atoms with Crippen molar-refractivity contribution in [3.8, 4) is 0 Å². The highest BCUT2D eigenvalue weighted by molar-refractivity contribution is 7.11. The number of thiazole rings is 1. The van der Waals surface area contributed by atoms with Crippen LogP contribution in [0, 0.1) is 6.92 Å². The molecule has 1 aliphatic heterocycles. The van der Waals surface area contributed by atoms with Gasteiger partial charge in [-0.05, 0) is 61.7 Å². The monoisotopic (exact) mass is 574 g/mol. The summed E-state index contributed by atoms with van der Waals surface area (Å²) in [6.07, 6.45) is 0.951. The number of hydrogen-bond acceptors (Lipinski definition) is 9. The SMILES string of the molecule is Cc1sc(C2CCN(OC(=O)OCc3cc(Cl)cc(Cl)c3)CC2)nc1CC(=O)Nc1ccc2n[nH]nc2c1. The molecule has 0 aliphatic carbocycles. The number of rotatable bonds is 7. The van der Waals surface area contributed by atoms with Gasteiger partial charge in [0, 0.05) is 39.6 Å². The molecule has 1 aliphatic rings. The van der Waals surface area contributed by atoms with Gasteiger partial charge in [0.2, 0.25) is 5.91 Å². The van der Waals surface area contributed by atoms with Crippen LogP contribution in [0.2, 0.25) is 10.0 Å². The van der Waals surface area contributed by atoms with Crippen molar-refractivity contribution in [3.63, 3.8) is 0 Å². The number of H-pyrrole nitrogens is 1. The molecule has 2 aromatic carbocycles. The Morgan fingerprint density at radius 2 is 1.84 bits per heavy atom.